The van der Waals surface area contributed by atoms with E-state index in [2.05, 4.69) is 10.3 Å². The number of carbonyl (C=O) groups excluding carboxylic acids is 1. The third kappa shape index (κ3) is 5.18. The van der Waals surface area contributed by atoms with Gasteiger partial charge in [-0.15, -0.1) is 0 Å². The Balaban J connectivity index is 1.83. The molecule has 1 aromatic rings. The van der Waals surface area contributed by atoms with Crippen LogP contribution in [0.2, 0.25) is 0 Å². The van der Waals surface area contributed by atoms with Gasteiger partial charge < -0.3 is 10.1 Å². The highest BCUT2D eigenvalue weighted by atomic mass is 32.2. The summed E-state index contributed by atoms with van der Waals surface area (Å²) in [5.74, 6) is 0.707. The number of ether oxygens (including phenoxy) is 1. The molecule has 1 N–H and O–H groups in total. The van der Waals surface area contributed by atoms with Crippen LogP contribution in [0.1, 0.15) is 18.9 Å². The summed E-state index contributed by atoms with van der Waals surface area (Å²) < 4.78 is 28.4. The molecular weight excluding hydrogens is 318 g/mol. The van der Waals surface area contributed by atoms with Crippen LogP contribution >= 0.6 is 0 Å². The van der Waals surface area contributed by atoms with Crippen LogP contribution in [-0.4, -0.2) is 62.0 Å². The first-order valence-electron chi connectivity index (χ1n) is 7.65. The van der Waals surface area contributed by atoms with Gasteiger partial charge >= 0.3 is 0 Å². The molecule has 0 aliphatic carbocycles. The van der Waals surface area contributed by atoms with Crippen LogP contribution in [0.4, 0.5) is 0 Å². The molecular formula is C15H23N3O4S. The van der Waals surface area contributed by atoms with E-state index in [0.29, 0.717) is 25.5 Å². The summed E-state index contributed by atoms with van der Waals surface area (Å²) in [6.45, 7) is 2.89. The lowest BCUT2D eigenvalue weighted by Crippen LogP contribution is -2.41. The molecule has 8 heteroatoms. The largest absolute Gasteiger partial charge is 0.478 e. The fourth-order valence-electron chi connectivity index (χ4n) is 2.55. The Bertz CT molecular complexity index is 648. The number of hydrogen-bond donors (Lipinski definition) is 1. The predicted octanol–water partition coefficient (Wildman–Crippen LogP) is 0.215. The molecule has 0 saturated carbocycles. The zero-order valence-corrected chi connectivity index (χ0v) is 14.3. The van der Waals surface area contributed by atoms with E-state index in [1.54, 1.807) is 24.2 Å². The molecule has 0 bridgehead atoms. The molecule has 2 heterocycles. The van der Waals surface area contributed by atoms with Crippen LogP contribution in [0.15, 0.2) is 18.3 Å². The van der Waals surface area contributed by atoms with Gasteiger partial charge in [-0.3, -0.25) is 9.69 Å². The number of amides is 1. The van der Waals surface area contributed by atoms with Crippen molar-refractivity contribution < 1.29 is 17.9 Å². The second-order valence-corrected chi connectivity index (χ2v) is 7.88. The average molecular weight is 341 g/mol. The van der Waals surface area contributed by atoms with Crippen molar-refractivity contribution in [3.05, 3.63) is 23.9 Å². The number of hydrogen-bond acceptors (Lipinski definition) is 6. The summed E-state index contributed by atoms with van der Waals surface area (Å²) >= 11 is 0. The SMILES string of the molecule is CCOc1ncccc1CNC(=O)CN(C)[C@H]1CCS(=O)(=O)C1. The van der Waals surface area contributed by atoms with E-state index in [4.69, 9.17) is 4.74 Å². The second kappa shape index (κ2) is 7.74. The van der Waals surface area contributed by atoms with Crippen molar-refractivity contribution in [3.63, 3.8) is 0 Å². The molecule has 0 aromatic carbocycles. The Morgan fingerprint density at radius 2 is 2.30 bits per heavy atom. The minimum absolute atomic E-state index is 0.0804. The van der Waals surface area contributed by atoms with Crippen molar-refractivity contribution >= 4 is 15.7 Å². The molecule has 1 aromatic heterocycles. The zero-order valence-electron chi connectivity index (χ0n) is 13.5. The van der Waals surface area contributed by atoms with E-state index in [-0.39, 0.29) is 30.0 Å². The molecule has 0 spiro atoms. The van der Waals surface area contributed by atoms with E-state index in [1.807, 2.05) is 13.0 Å². The molecule has 1 fully saturated rings. The number of nitrogens with one attached hydrogen (secondary N) is 1. The topological polar surface area (TPSA) is 88.6 Å². The molecule has 2 rings (SSSR count). The number of pyridine rings is 1. The fraction of sp³-hybridized carbons (Fsp3) is 0.600. The first kappa shape index (κ1) is 17.7. The number of likely N-dealkylation sites (N-methyl/N-ethyl adjacent to an activating group) is 1. The first-order chi connectivity index (χ1) is 10.9. The van der Waals surface area contributed by atoms with Crippen molar-refractivity contribution in [3.8, 4) is 5.88 Å². The summed E-state index contributed by atoms with van der Waals surface area (Å²) in [5, 5.41) is 2.82. The summed E-state index contributed by atoms with van der Waals surface area (Å²) in [5.41, 5.74) is 0.814. The fourth-order valence-corrected chi connectivity index (χ4v) is 4.36. The summed E-state index contributed by atoms with van der Waals surface area (Å²) in [7, 11) is -1.16. The number of nitrogens with zero attached hydrogens (tertiary/aromatic N) is 2. The van der Waals surface area contributed by atoms with Crippen molar-refractivity contribution in [1.29, 1.82) is 0 Å². The standard InChI is InChI=1S/C15H23N3O4S/c1-3-22-15-12(5-4-7-16-15)9-17-14(19)10-18(2)13-6-8-23(20,21)11-13/h4-5,7,13H,3,6,8-11H2,1-2H3,(H,17,19)/t13-/m0/s1. The molecule has 23 heavy (non-hydrogen) atoms. The summed E-state index contributed by atoms with van der Waals surface area (Å²) in [4.78, 5) is 18.0. The molecule has 1 atom stereocenters. The smallest absolute Gasteiger partial charge is 0.234 e. The highest BCUT2D eigenvalue weighted by molar-refractivity contribution is 7.91. The number of aromatic nitrogens is 1. The van der Waals surface area contributed by atoms with Gasteiger partial charge in [0.1, 0.15) is 0 Å². The van der Waals surface area contributed by atoms with Crippen LogP contribution in [-0.2, 0) is 21.2 Å². The monoisotopic (exact) mass is 341 g/mol. The third-order valence-electron chi connectivity index (χ3n) is 3.83. The maximum absolute atomic E-state index is 12.1. The lowest BCUT2D eigenvalue weighted by Gasteiger charge is -2.22. The van der Waals surface area contributed by atoms with Crippen molar-refractivity contribution in [1.82, 2.24) is 15.2 Å². The zero-order chi connectivity index (χ0) is 16.9. The third-order valence-corrected chi connectivity index (χ3v) is 5.58. The van der Waals surface area contributed by atoms with Crippen LogP contribution in [0, 0.1) is 0 Å². The quantitative estimate of drug-likeness (QED) is 0.763. The van der Waals surface area contributed by atoms with E-state index >= 15 is 0 Å². The maximum atomic E-state index is 12.1. The minimum Gasteiger partial charge on any atom is -0.478 e. The van der Waals surface area contributed by atoms with E-state index in [9.17, 15) is 13.2 Å². The van der Waals surface area contributed by atoms with Crippen LogP contribution < -0.4 is 10.1 Å². The Morgan fingerprint density at radius 1 is 1.52 bits per heavy atom. The summed E-state index contributed by atoms with van der Waals surface area (Å²) in [6, 6.07) is 3.56. The van der Waals surface area contributed by atoms with Gasteiger partial charge in [-0.05, 0) is 26.5 Å². The van der Waals surface area contributed by atoms with Crippen molar-refractivity contribution in [2.75, 3.05) is 31.7 Å². The van der Waals surface area contributed by atoms with Gasteiger partial charge in [0.25, 0.3) is 0 Å². The van der Waals surface area contributed by atoms with Crippen LogP contribution in [0.25, 0.3) is 0 Å². The molecule has 0 unspecified atom stereocenters. The molecule has 0 radical (unpaired) electrons. The lowest BCUT2D eigenvalue weighted by atomic mass is 10.2. The number of sulfone groups is 1. The van der Waals surface area contributed by atoms with Gasteiger partial charge in [-0.1, -0.05) is 6.07 Å². The predicted molar refractivity (Wildman–Crippen MR) is 86.9 cm³/mol. The van der Waals surface area contributed by atoms with E-state index < -0.39 is 9.84 Å². The van der Waals surface area contributed by atoms with Crippen LogP contribution in [0.5, 0.6) is 5.88 Å². The number of rotatable bonds is 7. The second-order valence-electron chi connectivity index (χ2n) is 5.65. The van der Waals surface area contributed by atoms with Gasteiger partial charge in [0.05, 0.1) is 24.7 Å². The highest BCUT2D eigenvalue weighted by Crippen LogP contribution is 2.16. The number of carbonyl (C=O) groups is 1. The molecule has 1 aliphatic heterocycles. The Kier molecular flexibility index (Phi) is 5.95. The molecule has 1 saturated heterocycles. The van der Waals surface area contributed by atoms with Crippen molar-refractivity contribution in [2.24, 2.45) is 0 Å². The lowest BCUT2D eigenvalue weighted by molar-refractivity contribution is -0.122. The van der Waals surface area contributed by atoms with Crippen molar-refractivity contribution in [2.45, 2.75) is 25.9 Å². The van der Waals surface area contributed by atoms with Gasteiger partial charge in [-0.2, -0.15) is 0 Å². The van der Waals surface area contributed by atoms with Gasteiger partial charge in [0.2, 0.25) is 11.8 Å². The Hall–Kier alpha value is -1.67. The van der Waals surface area contributed by atoms with Gasteiger partial charge in [0, 0.05) is 24.3 Å². The van der Waals surface area contributed by atoms with Gasteiger partial charge in [-0.25, -0.2) is 13.4 Å². The minimum atomic E-state index is -2.94. The highest BCUT2D eigenvalue weighted by Gasteiger charge is 2.31. The molecule has 1 amide bonds. The maximum Gasteiger partial charge on any atom is 0.234 e. The molecule has 128 valence electrons. The first-order valence-corrected chi connectivity index (χ1v) is 9.47. The molecule has 7 nitrogen and oxygen atoms in total. The average Bonchev–Trinajstić information content (AvgIpc) is 2.87. The van der Waals surface area contributed by atoms with Crippen LogP contribution in [0.3, 0.4) is 0 Å². The Morgan fingerprint density at radius 3 is 2.96 bits per heavy atom. The van der Waals surface area contributed by atoms with Gasteiger partial charge in [0.15, 0.2) is 9.84 Å². The normalized spacial score (nSPS) is 19.7. The van der Waals surface area contributed by atoms with E-state index in [1.165, 1.54) is 0 Å². The summed E-state index contributed by atoms with van der Waals surface area (Å²) in [6.07, 6.45) is 2.23. The molecule has 1 aliphatic rings. The van der Waals surface area contributed by atoms with E-state index in [0.717, 1.165) is 5.56 Å². The Labute approximate surface area is 137 Å².